The number of rotatable bonds is 7. The number of hydrogen-bond donors (Lipinski definition) is 1. The lowest BCUT2D eigenvalue weighted by molar-refractivity contribution is -0.904. The number of nitrogens with zero attached hydrogens (tertiary/aromatic N) is 4. The molecule has 36 heavy (non-hydrogen) atoms. The van der Waals surface area contributed by atoms with Gasteiger partial charge in [0.1, 0.15) is 5.52 Å². The second kappa shape index (κ2) is 10.4. The summed E-state index contributed by atoms with van der Waals surface area (Å²) in [5.74, 6) is 2.23. The molecular weight excluding hydrogens is 482 g/mol. The Morgan fingerprint density at radius 3 is 2.72 bits per heavy atom. The highest BCUT2D eigenvalue weighted by atomic mass is 35.5. The summed E-state index contributed by atoms with van der Waals surface area (Å²) in [4.78, 5) is 21.9. The molecule has 0 atom stereocenters. The molecule has 9 nitrogen and oxygen atoms in total. The molecule has 2 aliphatic heterocycles. The molecule has 0 radical (unpaired) electrons. The molecule has 3 aromatic heterocycles. The Hall–Kier alpha value is -3.27. The maximum Gasteiger partial charge on any atom is 0.275 e. The van der Waals surface area contributed by atoms with Gasteiger partial charge in [0.05, 0.1) is 32.3 Å². The molecule has 10 heteroatoms. The largest absolute Gasteiger partial charge is 1.00 e. The van der Waals surface area contributed by atoms with Crippen LogP contribution in [0.3, 0.4) is 0 Å². The van der Waals surface area contributed by atoms with Crippen LogP contribution < -0.4 is 37.1 Å². The smallest absolute Gasteiger partial charge is 0.275 e. The monoisotopic (exact) mass is 511 g/mol. The zero-order chi connectivity index (χ0) is 23.8. The van der Waals surface area contributed by atoms with Gasteiger partial charge in [-0.3, -0.25) is 14.1 Å². The molecule has 1 fully saturated rings. The fourth-order valence-corrected chi connectivity index (χ4v) is 5.20. The second-order valence-electron chi connectivity index (χ2n) is 9.23. The number of piperazine rings is 1. The van der Waals surface area contributed by atoms with Gasteiger partial charge in [-0.2, -0.15) is 4.98 Å². The Balaban J connectivity index is 0.00000267. The number of hydrogen-bond acceptors (Lipinski definition) is 6. The SMILES string of the molecule is COc1ccc2c(n1)n1cccc1c(=O)n2CCC[NH+]1CCN(Cc2ccc3c(c2)OCO3)CC1.[Cl-]. The molecule has 0 unspecified atom stereocenters. The van der Waals surface area contributed by atoms with Crippen molar-refractivity contribution in [1.29, 1.82) is 0 Å². The number of quaternary nitrogens is 1. The van der Waals surface area contributed by atoms with E-state index in [0.717, 1.165) is 68.4 Å². The molecule has 190 valence electrons. The predicted octanol–water partition coefficient (Wildman–Crippen LogP) is -1.82. The summed E-state index contributed by atoms with van der Waals surface area (Å²) in [6.45, 7) is 7.30. The van der Waals surface area contributed by atoms with E-state index >= 15 is 0 Å². The molecule has 1 aromatic carbocycles. The first kappa shape index (κ1) is 24.4. The first-order valence-corrected chi connectivity index (χ1v) is 12.2. The van der Waals surface area contributed by atoms with E-state index in [0.29, 0.717) is 24.7 Å². The number of halogens is 1. The molecule has 4 aromatic rings. The number of methoxy groups -OCH3 is 1. The van der Waals surface area contributed by atoms with Crippen LogP contribution in [0.25, 0.3) is 16.7 Å². The summed E-state index contributed by atoms with van der Waals surface area (Å²) in [5, 5.41) is 0. The zero-order valence-corrected chi connectivity index (χ0v) is 21.0. The number of ether oxygens (including phenoxy) is 3. The lowest BCUT2D eigenvalue weighted by Gasteiger charge is -2.32. The van der Waals surface area contributed by atoms with Gasteiger partial charge in [-0.05, 0) is 35.9 Å². The lowest BCUT2D eigenvalue weighted by Crippen LogP contribution is -3.14. The van der Waals surface area contributed by atoms with Crippen LogP contribution in [0.2, 0.25) is 0 Å². The number of benzene rings is 1. The maximum atomic E-state index is 13.2. The van der Waals surface area contributed by atoms with Gasteiger partial charge in [-0.1, -0.05) is 6.07 Å². The predicted molar refractivity (Wildman–Crippen MR) is 132 cm³/mol. The van der Waals surface area contributed by atoms with Crippen molar-refractivity contribution in [2.75, 3.05) is 46.6 Å². The first-order chi connectivity index (χ1) is 17.2. The normalized spacial score (nSPS) is 15.9. The fraction of sp³-hybridized carbons (Fsp3) is 0.385. The third kappa shape index (κ3) is 4.61. The van der Waals surface area contributed by atoms with Gasteiger partial charge in [0.2, 0.25) is 12.7 Å². The third-order valence-electron chi connectivity index (χ3n) is 7.09. The van der Waals surface area contributed by atoms with Crippen molar-refractivity contribution in [3.05, 3.63) is 64.6 Å². The molecule has 0 amide bonds. The van der Waals surface area contributed by atoms with Gasteiger partial charge in [0.25, 0.3) is 5.56 Å². The summed E-state index contributed by atoms with van der Waals surface area (Å²) < 4.78 is 20.0. The Morgan fingerprint density at radius 2 is 1.89 bits per heavy atom. The average molecular weight is 512 g/mol. The Morgan fingerprint density at radius 1 is 1.06 bits per heavy atom. The van der Waals surface area contributed by atoms with E-state index in [9.17, 15) is 4.79 Å². The van der Waals surface area contributed by atoms with Crippen molar-refractivity contribution < 1.29 is 31.5 Å². The van der Waals surface area contributed by atoms with E-state index in [-0.39, 0.29) is 18.0 Å². The first-order valence-electron chi connectivity index (χ1n) is 12.2. The topological polar surface area (TPSA) is 74.7 Å². The van der Waals surface area contributed by atoms with Crippen molar-refractivity contribution in [3.63, 3.8) is 0 Å². The van der Waals surface area contributed by atoms with Crippen LogP contribution in [0, 0.1) is 0 Å². The van der Waals surface area contributed by atoms with Crippen molar-refractivity contribution in [1.82, 2.24) is 18.9 Å². The van der Waals surface area contributed by atoms with Crippen LogP contribution >= 0.6 is 0 Å². The van der Waals surface area contributed by atoms with E-state index in [4.69, 9.17) is 14.2 Å². The minimum atomic E-state index is 0. The summed E-state index contributed by atoms with van der Waals surface area (Å²) in [7, 11) is 1.61. The van der Waals surface area contributed by atoms with Crippen LogP contribution in [0.5, 0.6) is 17.4 Å². The molecule has 0 bridgehead atoms. The molecule has 6 rings (SSSR count). The lowest BCUT2D eigenvalue weighted by atomic mass is 10.1. The van der Waals surface area contributed by atoms with Gasteiger partial charge in [-0.25, -0.2) is 0 Å². The molecule has 1 N–H and O–H groups in total. The van der Waals surface area contributed by atoms with E-state index in [1.165, 1.54) is 5.56 Å². The molecule has 5 heterocycles. The van der Waals surface area contributed by atoms with Crippen molar-refractivity contribution in [2.45, 2.75) is 19.5 Å². The fourth-order valence-electron chi connectivity index (χ4n) is 5.20. The van der Waals surface area contributed by atoms with Gasteiger partial charge in [0, 0.05) is 44.9 Å². The highest BCUT2D eigenvalue weighted by Gasteiger charge is 2.21. The van der Waals surface area contributed by atoms with Crippen LogP contribution in [0.1, 0.15) is 12.0 Å². The van der Waals surface area contributed by atoms with E-state index in [1.54, 1.807) is 12.0 Å². The molecule has 0 spiro atoms. The van der Waals surface area contributed by atoms with E-state index < -0.39 is 0 Å². The Labute approximate surface area is 215 Å². The Kier molecular flexibility index (Phi) is 7.04. The number of aromatic nitrogens is 3. The van der Waals surface area contributed by atoms with Crippen molar-refractivity contribution in [3.8, 4) is 17.4 Å². The summed E-state index contributed by atoms with van der Waals surface area (Å²) in [5.41, 5.74) is 3.51. The van der Waals surface area contributed by atoms with Crippen molar-refractivity contribution in [2.24, 2.45) is 0 Å². The summed E-state index contributed by atoms with van der Waals surface area (Å²) in [6, 6.07) is 13.7. The maximum absolute atomic E-state index is 13.2. The number of fused-ring (bicyclic) bond motifs is 4. The van der Waals surface area contributed by atoms with Crippen LogP contribution in [-0.2, 0) is 13.1 Å². The van der Waals surface area contributed by atoms with Gasteiger partial charge < -0.3 is 36.1 Å². The standard InChI is InChI=1S/C26H29N5O4.ClH/c1-33-24-8-6-20-25(27-24)30-10-2-4-21(30)26(32)31(20)11-3-9-28-12-14-29(15-13-28)17-19-5-7-22-23(16-19)35-18-34-22;/h2,4-8,10,16H,3,9,11-15,17-18H2,1H3;1H. The molecule has 0 aliphatic carbocycles. The number of pyridine rings is 1. The van der Waals surface area contributed by atoms with Crippen molar-refractivity contribution >= 4 is 16.7 Å². The third-order valence-corrected chi connectivity index (χ3v) is 7.09. The average Bonchev–Trinajstić information content (AvgIpc) is 3.57. The van der Waals surface area contributed by atoms with Crippen LogP contribution in [-0.4, -0.2) is 65.5 Å². The minimum Gasteiger partial charge on any atom is -1.00 e. The number of nitrogens with one attached hydrogen (secondary N) is 1. The quantitative estimate of drug-likeness (QED) is 0.315. The van der Waals surface area contributed by atoms with Crippen LogP contribution in [0.4, 0.5) is 0 Å². The van der Waals surface area contributed by atoms with Gasteiger partial charge in [-0.15, -0.1) is 0 Å². The summed E-state index contributed by atoms with van der Waals surface area (Å²) in [6.07, 6.45) is 2.82. The highest BCUT2D eigenvalue weighted by molar-refractivity contribution is 5.75. The van der Waals surface area contributed by atoms with Gasteiger partial charge in [0.15, 0.2) is 17.1 Å². The summed E-state index contributed by atoms with van der Waals surface area (Å²) >= 11 is 0. The minimum absolute atomic E-state index is 0. The molecule has 1 saturated heterocycles. The Bertz CT molecular complexity index is 1430. The molecule has 2 aliphatic rings. The van der Waals surface area contributed by atoms with E-state index in [2.05, 4.69) is 22.0 Å². The van der Waals surface area contributed by atoms with Crippen LogP contribution in [0.15, 0.2) is 53.5 Å². The van der Waals surface area contributed by atoms with E-state index in [1.807, 2.05) is 45.5 Å². The second-order valence-corrected chi connectivity index (χ2v) is 9.23. The number of aryl methyl sites for hydroxylation is 1. The molecular formula is C26H30ClN5O4. The zero-order valence-electron chi connectivity index (χ0n) is 20.3. The molecule has 0 saturated carbocycles. The van der Waals surface area contributed by atoms with Gasteiger partial charge >= 0.3 is 0 Å². The highest BCUT2D eigenvalue weighted by Crippen LogP contribution is 2.32.